The second kappa shape index (κ2) is 6.87. The molecule has 7 nitrogen and oxygen atoms in total. The van der Waals surface area contributed by atoms with Gasteiger partial charge in [0.05, 0.1) is 25.5 Å². The summed E-state index contributed by atoms with van der Waals surface area (Å²) in [6, 6.07) is 13.0. The summed E-state index contributed by atoms with van der Waals surface area (Å²) in [7, 11) is -2.59. The van der Waals surface area contributed by atoms with E-state index in [1.54, 1.807) is 68.6 Å². The number of hydrogen-bond donors (Lipinski definition) is 0. The molecule has 0 fully saturated rings. The van der Waals surface area contributed by atoms with E-state index in [0.717, 1.165) is 0 Å². The number of fused-ring (bicyclic) bond motifs is 3. The first-order chi connectivity index (χ1) is 13.5. The van der Waals surface area contributed by atoms with Crippen LogP contribution in [0.2, 0.25) is 0 Å². The van der Waals surface area contributed by atoms with Gasteiger partial charge in [0.25, 0.3) is 0 Å². The average Bonchev–Trinajstić information content (AvgIpc) is 3.10. The highest BCUT2D eigenvalue weighted by Gasteiger charge is 2.50. The van der Waals surface area contributed by atoms with Crippen molar-refractivity contribution < 1.29 is 26.9 Å². The summed E-state index contributed by atoms with van der Waals surface area (Å²) < 4.78 is 42.7. The Kier molecular flexibility index (Phi) is 4.50. The monoisotopic (exact) mass is 401 g/mol. The van der Waals surface area contributed by atoms with Crippen molar-refractivity contribution in [1.29, 1.82) is 0 Å². The number of carbonyl (C=O) groups is 1. The molecule has 2 aliphatic rings. The number of nitrogens with zero attached hydrogens (tertiary/aromatic N) is 1. The van der Waals surface area contributed by atoms with Gasteiger partial charge in [-0.1, -0.05) is 24.3 Å². The van der Waals surface area contributed by atoms with Gasteiger partial charge in [-0.3, -0.25) is 4.79 Å². The summed E-state index contributed by atoms with van der Waals surface area (Å²) in [4.78, 5) is 12.7. The van der Waals surface area contributed by atoms with Crippen molar-refractivity contribution in [2.24, 2.45) is 5.92 Å². The van der Waals surface area contributed by atoms with Crippen LogP contribution in [-0.4, -0.2) is 32.4 Å². The van der Waals surface area contributed by atoms with Crippen molar-refractivity contribution in [2.45, 2.75) is 13.0 Å². The van der Waals surface area contributed by atoms with E-state index in [2.05, 4.69) is 0 Å². The first-order valence-corrected chi connectivity index (χ1v) is 10.2. The molecule has 2 atom stereocenters. The Balaban J connectivity index is 1.87. The van der Waals surface area contributed by atoms with Crippen molar-refractivity contribution in [1.82, 2.24) is 4.31 Å². The molecule has 146 valence electrons. The topological polar surface area (TPSA) is 82.1 Å². The number of benzene rings is 2. The van der Waals surface area contributed by atoms with Gasteiger partial charge in [-0.25, -0.2) is 4.31 Å². The maximum Gasteiger partial charge on any atom is 0.410 e. The molecule has 2 aromatic carbocycles. The van der Waals surface area contributed by atoms with E-state index >= 15 is 0 Å². The molecular formula is C20H19NO6S. The zero-order valence-corrected chi connectivity index (χ0v) is 16.2. The third-order valence-corrected chi connectivity index (χ3v) is 6.08. The SMILES string of the molecule is CCOC(=O)[C@@H]1C=C2c3ccccc3OS(=O)(=O)N2[C@H]1c1ccc(OC)cc1. The predicted molar refractivity (Wildman–Crippen MR) is 102 cm³/mol. The maximum atomic E-state index is 12.9. The Morgan fingerprint density at radius 2 is 1.86 bits per heavy atom. The summed E-state index contributed by atoms with van der Waals surface area (Å²) in [6.45, 7) is 1.92. The fourth-order valence-corrected chi connectivity index (χ4v) is 4.97. The van der Waals surface area contributed by atoms with E-state index in [0.29, 0.717) is 22.6 Å². The van der Waals surface area contributed by atoms with E-state index in [9.17, 15) is 13.2 Å². The number of esters is 1. The van der Waals surface area contributed by atoms with E-state index in [-0.39, 0.29) is 12.4 Å². The smallest absolute Gasteiger partial charge is 0.410 e. The Bertz CT molecular complexity index is 1040. The van der Waals surface area contributed by atoms with Gasteiger partial charge in [0.15, 0.2) is 5.75 Å². The van der Waals surface area contributed by atoms with Gasteiger partial charge in [-0.15, -0.1) is 0 Å². The van der Waals surface area contributed by atoms with Crippen molar-refractivity contribution in [2.75, 3.05) is 13.7 Å². The van der Waals surface area contributed by atoms with Crippen molar-refractivity contribution in [3.8, 4) is 11.5 Å². The summed E-state index contributed by atoms with van der Waals surface area (Å²) in [5, 5.41) is 0. The fraction of sp³-hybridized carbons (Fsp3) is 0.250. The standard InChI is InChI=1S/C20H19NO6S/c1-3-26-20(22)16-12-17-15-6-4-5-7-18(15)27-28(23,24)21(17)19(16)13-8-10-14(25-2)11-9-13/h4-12,16,19H,3H2,1-2H3/t16-,19+/m1/s1. The zero-order chi connectivity index (χ0) is 19.9. The van der Waals surface area contributed by atoms with Gasteiger partial charge in [0.2, 0.25) is 0 Å². The summed E-state index contributed by atoms with van der Waals surface area (Å²) in [5.41, 5.74) is 1.67. The Hall–Kier alpha value is -3.00. The van der Waals surface area contributed by atoms with Crippen LogP contribution < -0.4 is 8.92 Å². The molecule has 28 heavy (non-hydrogen) atoms. The van der Waals surface area contributed by atoms with Gasteiger partial charge < -0.3 is 13.7 Å². The van der Waals surface area contributed by atoms with Gasteiger partial charge in [-0.05, 0) is 42.8 Å². The third-order valence-electron chi connectivity index (χ3n) is 4.78. The van der Waals surface area contributed by atoms with Crippen LogP contribution in [0.15, 0.2) is 54.6 Å². The highest BCUT2D eigenvalue weighted by molar-refractivity contribution is 7.85. The number of hydrogen-bond acceptors (Lipinski definition) is 6. The molecule has 0 bridgehead atoms. The highest BCUT2D eigenvalue weighted by atomic mass is 32.2. The molecule has 0 amide bonds. The van der Waals surface area contributed by atoms with Crippen molar-refractivity contribution >= 4 is 22.0 Å². The van der Waals surface area contributed by atoms with Crippen LogP contribution in [-0.2, 0) is 19.8 Å². The van der Waals surface area contributed by atoms with E-state index in [4.69, 9.17) is 13.7 Å². The number of rotatable bonds is 4. The summed E-state index contributed by atoms with van der Waals surface area (Å²) in [5.74, 6) is -0.417. The zero-order valence-electron chi connectivity index (χ0n) is 15.4. The minimum Gasteiger partial charge on any atom is -0.497 e. The molecule has 0 aliphatic carbocycles. The molecule has 0 spiro atoms. The lowest BCUT2D eigenvalue weighted by atomic mass is 9.95. The lowest BCUT2D eigenvalue weighted by Crippen LogP contribution is -2.39. The lowest BCUT2D eigenvalue weighted by Gasteiger charge is -2.34. The normalized spacial score (nSPS) is 21.8. The number of carbonyl (C=O) groups excluding carboxylic acids is 1. The Morgan fingerprint density at radius 1 is 1.14 bits per heavy atom. The number of methoxy groups -OCH3 is 1. The van der Waals surface area contributed by atoms with E-state index < -0.39 is 28.2 Å². The molecule has 0 radical (unpaired) electrons. The number of ether oxygens (including phenoxy) is 2. The Morgan fingerprint density at radius 3 is 2.54 bits per heavy atom. The van der Waals surface area contributed by atoms with Crippen LogP contribution in [0.25, 0.3) is 5.70 Å². The lowest BCUT2D eigenvalue weighted by molar-refractivity contribution is -0.147. The molecule has 0 N–H and O–H groups in total. The molecule has 0 saturated heterocycles. The average molecular weight is 401 g/mol. The van der Waals surface area contributed by atoms with Crippen LogP contribution in [0, 0.1) is 5.92 Å². The molecule has 8 heteroatoms. The molecule has 4 rings (SSSR count). The highest BCUT2D eigenvalue weighted by Crippen LogP contribution is 2.50. The van der Waals surface area contributed by atoms with Gasteiger partial charge in [0, 0.05) is 5.56 Å². The first kappa shape index (κ1) is 18.4. The van der Waals surface area contributed by atoms with Crippen molar-refractivity contribution in [3.63, 3.8) is 0 Å². The minimum absolute atomic E-state index is 0.202. The van der Waals surface area contributed by atoms with E-state index in [1.807, 2.05) is 0 Å². The second-order valence-electron chi connectivity index (χ2n) is 6.38. The van der Waals surface area contributed by atoms with Crippen LogP contribution in [0.5, 0.6) is 11.5 Å². The Labute approximate surface area is 163 Å². The maximum absolute atomic E-state index is 12.9. The largest absolute Gasteiger partial charge is 0.497 e. The second-order valence-corrected chi connectivity index (χ2v) is 7.80. The number of para-hydroxylation sites is 1. The quantitative estimate of drug-likeness (QED) is 0.733. The molecule has 2 aliphatic heterocycles. The van der Waals surface area contributed by atoms with Crippen LogP contribution in [0.4, 0.5) is 0 Å². The molecule has 2 heterocycles. The van der Waals surface area contributed by atoms with Crippen LogP contribution in [0.1, 0.15) is 24.1 Å². The third kappa shape index (κ3) is 2.90. The van der Waals surface area contributed by atoms with Gasteiger partial charge in [0.1, 0.15) is 11.7 Å². The fourth-order valence-electron chi connectivity index (χ4n) is 3.58. The van der Waals surface area contributed by atoms with Crippen LogP contribution >= 0.6 is 0 Å². The molecule has 2 aromatic rings. The molecule has 0 unspecified atom stereocenters. The van der Waals surface area contributed by atoms with Gasteiger partial charge >= 0.3 is 16.3 Å². The first-order valence-electron chi connectivity index (χ1n) is 8.82. The molecule has 0 aromatic heterocycles. The summed E-state index contributed by atoms with van der Waals surface area (Å²) in [6.07, 6.45) is 1.64. The molecular weight excluding hydrogens is 382 g/mol. The molecule has 0 saturated carbocycles. The predicted octanol–water partition coefficient (Wildman–Crippen LogP) is 2.91. The van der Waals surface area contributed by atoms with Crippen molar-refractivity contribution in [3.05, 3.63) is 65.7 Å². The summed E-state index contributed by atoms with van der Waals surface area (Å²) >= 11 is 0. The van der Waals surface area contributed by atoms with Gasteiger partial charge in [-0.2, -0.15) is 8.42 Å². The van der Waals surface area contributed by atoms with Crippen LogP contribution in [0.3, 0.4) is 0 Å². The van der Waals surface area contributed by atoms with E-state index in [1.165, 1.54) is 4.31 Å². The minimum atomic E-state index is -4.14.